The molecule has 0 unspecified atom stereocenters. The molecule has 0 saturated heterocycles. The number of ketones is 1. The molecule has 20 heavy (non-hydrogen) atoms. The van der Waals surface area contributed by atoms with Crippen molar-refractivity contribution >= 4 is 43.1 Å². The number of methoxy groups -OCH3 is 1. The van der Waals surface area contributed by atoms with Crippen molar-refractivity contribution in [3.63, 3.8) is 0 Å². The number of carbonyl (C=O) groups is 1. The molecular formula is C16H11BrO2S. The molecule has 2 nitrogen and oxygen atoms in total. The van der Waals surface area contributed by atoms with Gasteiger partial charge in [0.2, 0.25) is 0 Å². The number of carbonyl (C=O) groups excluding carboxylic acids is 1. The molecule has 4 heteroatoms. The SMILES string of the molecule is COc1ccc(C(=O)c2cccc3ccsc23)cc1Br. The van der Waals surface area contributed by atoms with Gasteiger partial charge in [-0.2, -0.15) is 0 Å². The van der Waals surface area contributed by atoms with Gasteiger partial charge in [-0.25, -0.2) is 0 Å². The summed E-state index contributed by atoms with van der Waals surface area (Å²) in [6, 6.07) is 13.2. The highest BCUT2D eigenvalue weighted by molar-refractivity contribution is 9.10. The fourth-order valence-corrected chi connectivity index (χ4v) is 3.59. The highest BCUT2D eigenvalue weighted by atomic mass is 79.9. The maximum Gasteiger partial charge on any atom is 0.194 e. The van der Waals surface area contributed by atoms with E-state index in [-0.39, 0.29) is 5.78 Å². The number of benzene rings is 2. The lowest BCUT2D eigenvalue weighted by Gasteiger charge is -2.06. The van der Waals surface area contributed by atoms with E-state index in [2.05, 4.69) is 15.9 Å². The van der Waals surface area contributed by atoms with E-state index in [1.165, 1.54) is 0 Å². The van der Waals surface area contributed by atoms with Crippen LogP contribution in [0.3, 0.4) is 0 Å². The summed E-state index contributed by atoms with van der Waals surface area (Å²) < 4.78 is 7.00. The molecule has 0 atom stereocenters. The molecule has 2 aromatic carbocycles. The predicted octanol–water partition coefficient (Wildman–Crippen LogP) is 4.90. The van der Waals surface area contributed by atoms with E-state index < -0.39 is 0 Å². The lowest BCUT2D eigenvalue weighted by atomic mass is 10.0. The van der Waals surface area contributed by atoms with Gasteiger partial charge in [0, 0.05) is 15.8 Å². The third-order valence-corrected chi connectivity index (χ3v) is 4.72. The van der Waals surface area contributed by atoms with Crippen molar-refractivity contribution in [2.75, 3.05) is 7.11 Å². The first-order chi connectivity index (χ1) is 9.70. The molecule has 0 saturated carbocycles. The van der Waals surface area contributed by atoms with E-state index in [9.17, 15) is 4.79 Å². The van der Waals surface area contributed by atoms with Crippen LogP contribution in [0, 0.1) is 0 Å². The fourth-order valence-electron chi connectivity index (χ4n) is 2.13. The molecule has 0 spiro atoms. The van der Waals surface area contributed by atoms with Crippen molar-refractivity contribution in [3.05, 3.63) is 63.4 Å². The van der Waals surface area contributed by atoms with E-state index in [0.717, 1.165) is 25.9 Å². The van der Waals surface area contributed by atoms with E-state index in [1.54, 1.807) is 36.6 Å². The quantitative estimate of drug-likeness (QED) is 0.630. The van der Waals surface area contributed by atoms with E-state index in [1.807, 2.05) is 29.6 Å². The lowest BCUT2D eigenvalue weighted by molar-refractivity contribution is 0.104. The summed E-state index contributed by atoms with van der Waals surface area (Å²) in [5.74, 6) is 0.747. The van der Waals surface area contributed by atoms with E-state index >= 15 is 0 Å². The van der Waals surface area contributed by atoms with Gasteiger partial charge >= 0.3 is 0 Å². The molecule has 1 aromatic heterocycles. The zero-order valence-electron chi connectivity index (χ0n) is 10.7. The Balaban J connectivity index is 2.08. The Morgan fingerprint density at radius 1 is 1.20 bits per heavy atom. The van der Waals surface area contributed by atoms with Crippen molar-refractivity contribution in [1.29, 1.82) is 0 Å². The molecule has 0 aliphatic rings. The van der Waals surface area contributed by atoms with Crippen LogP contribution in [0.25, 0.3) is 10.1 Å². The summed E-state index contributed by atoms with van der Waals surface area (Å²) >= 11 is 5.01. The molecule has 1 heterocycles. The van der Waals surface area contributed by atoms with Crippen LogP contribution in [0.1, 0.15) is 15.9 Å². The molecule has 0 aliphatic carbocycles. The van der Waals surface area contributed by atoms with Crippen LogP contribution in [0.5, 0.6) is 5.75 Å². The number of fused-ring (bicyclic) bond motifs is 1. The average molecular weight is 347 g/mol. The minimum Gasteiger partial charge on any atom is -0.496 e. The van der Waals surface area contributed by atoms with Gasteiger partial charge in [-0.15, -0.1) is 11.3 Å². The first kappa shape index (κ1) is 13.3. The zero-order valence-corrected chi connectivity index (χ0v) is 13.1. The van der Waals surface area contributed by atoms with Gasteiger partial charge in [-0.1, -0.05) is 12.1 Å². The van der Waals surface area contributed by atoms with Crippen molar-refractivity contribution in [1.82, 2.24) is 0 Å². The first-order valence-electron chi connectivity index (χ1n) is 6.05. The molecule has 0 bridgehead atoms. The topological polar surface area (TPSA) is 26.3 Å². The van der Waals surface area contributed by atoms with Crippen LogP contribution in [0.2, 0.25) is 0 Å². The predicted molar refractivity (Wildman–Crippen MR) is 86.0 cm³/mol. The van der Waals surface area contributed by atoms with Crippen molar-refractivity contribution < 1.29 is 9.53 Å². The molecular weight excluding hydrogens is 336 g/mol. The van der Waals surface area contributed by atoms with Crippen molar-refractivity contribution in [2.45, 2.75) is 0 Å². The van der Waals surface area contributed by atoms with E-state index in [4.69, 9.17) is 4.74 Å². The number of thiophene rings is 1. The molecule has 3 rings (SSSR count). The average Bonchev–Trinajstić information content (AvgIpc) is 2.94. The Morgan fingerprint density at radius 3 is 2.80 bits per heavy atom. The maximum absolute atomic E-state index is 12.7. The second kappa shape index (κ2) is 5.38. The molecule has 100 valence electrons. The smallest absolute Gasteiger partial charge is 0.194 e. The highest BCUT2D eigenvalue weighted by Gasteiger charge is 2.14. The summed E-state index contributed by atoms with van der Waals surface area (Å²) in [5.41, 5.74) is 1.40. The summed E-state index contributed by atoms with van der Waals surface area (Å²) in [6.07, 6.45) is 0. The van der Waals surface area contributed by atoms with Gasteiger partial charge in [0.05, 0.1) is 11.6 Å². The Labute approximate surface area is 129 Å². The second-order valence-corrected chi connectivity index (χ2v) is 6.09. The highest BCUT2D eigenvalue weighted by Crippen LogP contribution is 2.29. The van der Waals surface area contributed by atoms with Gasteiger partial charge in [-0.05, 0) is 57.0 Å². The Bertz CT molecular complexity index is 792. The van der Waals surface area contributed by atoms with Gasteiger partial charge in [-0.3, -0.25) is 4.79 Å². The molecule has 0 N–H and O–H groups in total. The fraction of sp³-hybridized carbons (Fsp3) is 0.0625. The molecule has 0 radical (unpaired) electrons. The van der Waals surface area contributed by atoms with Crippen LogP contribution in [0.4, 0.5) is 0 Å². The minimum atomic E-state index is 0.0291. The summed E-state index contributed by atoms with van der Waals surface area (Å²) in [4.78, 5) is 12.7. The molecule has 0 aliphatic heterocycles. The van der Waals surface area contributed by atoms with Crippen molar-refractivity contribution in [3.8, 4) is 5.75 Å². The van der Waals surface area contributed by atoms with E-state index in [0.29, 0.717) is 5.56 Å². The summed E-state index contributed by atoms with van der Waals surface area (Å²) in [7, 11) is 1.61. The number of ether oxygens (including phenoxy) is 1. The number of hydrogen-bond acceptors (Lipinski definition) is 3. The molecule has 0 amide bonds. The number of hydrogen-bond donors (Lipinski definition) is 0. The summed E-state index contributed by atoms with van der Waals surface area (Å²) in [5, 5.41) is 3.11. The van der Waals surface area contributed by atoms with Gasteiger partial charge in [0.25, 0.3) is 0 Å². The first-order valence-corrected chi connectivity index (χ1v) is 7.72. The third-order valence-electron chi connectivity index (χ3n) is 3.14. The Kier molecular flexibility index (Phi) is 3.59. The zero-order chi connectivity index (χ0) is 14.1. The van der Waals surface area contributed by atoms with Gasteiger partial charge < -0.3 is 4.74 Å². The van der Waals surface area contributed by atoms with Crippen LogP contribution in [-0.2, 0) is 0 Å². The third kappa shape index (κ3) is 2.25. The maximum atomic E-state index is 12.7. The Morgan fingerprint density at radius 2 is 2.05 bits per heavy atom. The van der Waals surface area contributed by atoms with Gasteiger partial charge in [0.15, 0.2) is 5.78 Å². The lowest BCUT2D eigenvalue weighted by Crippen LogP contribution is -2.01. The number of rotatable bonds is 3. The van der Waals surface area contributed by atoms with Crippen LogP contribution < -0.4 is 4.74 Å². The number of halogens is 1. The molecule has 0 fully saturated rings. The van der Waals surface area contributed by atoms with Crippen LogP contribution in [0.15, 0.2) is 52.3 Å². The molecule has 3 aromatic rings. The largest absolute Gasteiger partial charge is 0.496 e. The van der Waals surface area contributed by atoms with Crippen LogP contribution >= 0.6 is 27.3 Å². The van der Waals surface area contributed by atoms with Crippen LogP contribution in [-0.4, -0.2) is 12.9 Å². The Hall–Kier alpha value is -1.65. The minimum absolute atomic E-state index is 0.0291. The summed E-state index contributed by atoms with van der Waals surface area (Å²) in [6.45, 7) is 0. The normalized spacial score (nSPS) is 10.7. The standard InChI is InChI=1S/C16H11BrO2S/c1-19-14-6-5-11(9-13(14)17)15(18)12-4-2-3-10-7-8-20-16(10)12/h2-9H,1H3. The second-order valence-electron chi connectivity index (χ2n) is 4.32. The van der Waals surface area contributed by atoms with Crippen molar-refractivity contribution in [2.24, 2.45) is 0 Å². The van der Waals surface area contributed by atoms with Gasteiger partial charge in [0.1, 0.15) is 5.75 Å². The monoisotopic (exact) mass is 346 g/mol.